The first-order valence-electron chi connectivity index (χ1n) is 6.67. The molecule has 2 rings (SSSR count). The van der Waals surface area contributed by atoms with Crippen LogP contribution in [0.3, 0.4) is 0 Å². The molecule has 1 aromatic heterocycles. The van der Waals surface area contributed by atoms with E-state index in [-0.39, 0.29) is 0 Å². The predicted molar refractivity (Wildman–Crippen MR) is 80.6 cm³/mol. The van der Waals surface area contributed by atoms with Gasteiger partial charge in [-0.3, -0.25) is 4.98 Å². The third-order valence-corrected chi connectivity index (χ3v) is 3.06. The summed E-state index contributed by atoms with van der Waals surface area (Å²) in [5, 5.41) is 0. The minimum atomic E-state index is -0.431. The fourth-order valence-corrected chi connectivity index (χ4v) is 1.95. The fraction of sp³-hybridized carbons (Fsp3) is 0.250. The summed E-state index contributed by atoms with van der Waals surface area (Å²) in [6.45, 7) is 3.95. The number of pyridine rings is 1. The average Bonchev–Trinajstić information content (AvgIpc) is 2.49. The lowest BCUT2D eigenvalue weighted by Crippen LogP contribution is -2.03. The smallest absolute Gasteiger partial charge is 0.337 e. The number of hydrogen-bond donors (Lipinski definition) is 1. The average molecular weight is 286 g/mol. The molecule has 0 aliphatic heterocycles. The Bertz CT molecular complexity index is 669. The van der Waals surface area contributed by atoms with E-state index < -0.39 is 5.97 Å². The molecule has 0 spiro atoms. The maximum absolute atomic E-state index is 11.4. The van der Waals surface area contributed by atoms with Crippen molar-refractivity contribution in [3.63, 3.8) is 0 Å². The molecule has 0 radical (unpaired) electrons. The number of esters is 1. The van der Waals surface area contributed by atoms with Crippen LogP contribution in [0.4, 0.5) is 5.69 Å². The van der Waals surface area contributed by atoms with Crippen molar-refractivity contribution in [2.75, 3.05) is 12.8 Å². The molecule has 5 heteroatoms. The highest BCUT2D eigenvalue weighted by molar-refractivity contribution is 5.90. The zero-order chi connectivity index (χ0) is 15.4. The maximum atomic E-state index is 11.4. The molecule has 0 bridgehead atoms. The van der Waals surface area contributed by atoms with Gasteiger partial charge in [0.2, 0.25) is 0 Å². The number of aryl methyl sites for hydroxylation is 2. The molecule has 5 nitrogen and oxygen atoms in total. The third kappa shape index (κ3) is 3.31. The molecule has 0 atom stereocenters. The number of nitrogens with zero attached hydrogens (tertiary/aromatic N) is 1. The van der Waals surface area contributed by atoms with Gasteiger partial charge in [-0.2, -0.15) is 0 Å². The molecule has 21 heavy (non-hydrogen) atoms. The van der Waals surface area contributed by atoms with E-state index in [9.17, 15) is 4.79 Å². The third-order valence-electron chi connectivity index (χ3n) is 3.06. The Kier molecular flexibility index (Phi) is 4.42. The standard InChI is InChI=1S/C16H18N2O3/c1-4-13-15(7-5-10(2)18-13)21-14-8-6-11(9-12(14)17)16(19)20-3/h5-9H,4,17H2,1-3H3. The molecule has 2 aromatic rings. The lowest BCUT2D eigenvalue weighted by Gasteiger charge is -2.12. The summed E-state index contributed by atoms with van der Waals surface area (Å²) in [7, 11) is 1.33. The second kappa shape index (κ2) is 6.26. The molecule has 0 saturated carbocycles. The van der Waals surface area contributed by atoms with Gasteiger partial charge in [0.15, 0.2) is 0 Å². The number of carbonyl (C=O) groups is 1. The zero-order valence-corrected chi connectivity index (χ0v) is 12.3. The number of hydrogen-bond acceptors (Lipinski definition) is 5. The molecule has 110 valence electrons. The van der Waals surface area contributed by atoms with Gasteiger partial charge in [0.1, 0.15) is 11.5 Å². The Balaban J connectivity index is 2.30. The summed E-state index contributed by atoms with van der Waals surface area (Å²) in [5.74, 6) is 0.725. The predicted octanol–water partition coefficient (Wildman–Crippen LogP) is 3.11. The summed E-state index contributed by atoms with van der Waals surface area (Å²) < 4.78 is 10.5. The molecule has 2 N–H and O–H groups in total. The van der Waals surface area contributed by atoms with Crippen LogP contribution in [-0.2, 0) is 11.2 Å². The number of ether oxygens (including phenoxy) is 2. The highest BCUT2D eigenvalue weighted by atomic mass is 16.5. The van der Waals surface area contributed by atoms with Crippen molar-refractivity contribution < 1.29 is 14.3 Å². The number of carbonyl (C=O) groups excluding carboxylic acids is 1. The minimum absolute atomic E-state index is 0.375. The fourth-order valence-electron chi connectivity index (χ4n) is 1.95. The second-order valence-corrected chi connectivity index (χ2v) is 4.60. The van der Waals surface area contributed by atoms with Gasteiger partial charge in [0.05, 0.1) is 24.1 Å². The van der Waals surface area contributed by atoms with Crippen LogP contribution < -0.4 is 10.5 Å². The van der Waals surface area contributed by atoms with Crippen molar-refractivity contribution in [2.24, 2.45) is 0 Å². The van der Waals surface area contributed by atoms with E-state index in [1.807, 2.05) is 26.0 Å². The lowest BCUT2D eigenvalue weighted by atomic mass is 10.2. The Morgan fingerprint density at radius 3 is 2.57 bits per heavy atom. The number of aromatic nitrogens is 1. The normalized spacial score (nSPS) is 10.2. The Hall–Kier alpha value is -2.56. The topological polar surface area (TPSA) is 74.4 Å². The summed E-state index contributed by atoms with van der Waals surface area (Å²) in [5.41, 5.74) is 8.50. The molecular formula is C16H18N2O3. The lowest BCUT2D eigenvalue weighted by molar-refractivity contribution is 0.0601. The molecule has 0 unspecified atom stereocenters. The van der Waals surface area contributed by atoms with E-state index >= 15 is 0 Å². The first kappa shape index (κ1) is 14.8. The van der Waals surface area contributed by atoms with E-state index in [0.717, 1.165) is 17.8 Å². The van der Waals surface area contributed by atoms with Crippen LogP contribution in [0.5, 0.6) is 11.5 Å². The van der Waals surface area contributed by atoms with Gasteiger partial charge in [-0.15, -0.1) is 0 Å². The van der Waals surface area contributed by atoms with Crippen molar-refractivity contribution in [1.29, 1.82) is 0 Å². The maximum Gasteiger partial charge on any atom is 0.337 e. The van der Waals surface area contributed by atoms with E-state index in [1.54, 1.807) is 12.1 Å². The van der Waals surface area contributed by atoms with Gasteiger partial charge in [-0.1, -0.05) is 6.92 Å². The van der Waals surface area contributed by atoms with E-state index in [2.05, 4.69) is 9.72 Å². The van der Waals surface area contributed by atoms with E-state index in [1.165, 1.54) is 13.2 Å². The summed E-state index contributed by atoms with van der Waals surface area (Å²) in [6.07, 6.45) is 0.761. The highest BCUT2D eigenvalue weighted by Gasteiger charge is 2.11. The van der Waals surface area contributed by atoms with Crippen molar-refractivity contribution >= 4 is 11.7 Å². The Labute approximate surface area is 123 Å². The van der Waals surface area contributed by atoms with Gasteiger partial charge in [-0.25, -0.2) is 4.79 Å². The van der Waals surface area contributed by atoms with Gasteiger partial charge in [0.25, 0.3) is 0 Å². The summed E-state index contributed by atoms with van der Waals surface area (Å²) in [6, 6.07) is 8.56. The zero-order valence-electron chi connectivity index (χ0n) is 12.3. The number of anilines is 1. The van der Waals surface area contributed by atoms with E-state index in [4.69, 9.17) is 10.5 Å². The molecule has 0 saturated heterocycles. The first-order valence-corrected chi connectivity index (χ1v) is 6.67. The van der Waals surface area contributed by atoms with Gasteiger partial charge >= 0.3 is 5.97 Å². The van der Waals surface area contributed by atoms with Crippen LogP contribution in [0.1, 0.15) is 28.7 Å². The van der Waals surface area contributed by atoms with E-state index in [0.29, 0.717) is 22.7 Å². The number of nitrogens with two attached hydrogens (primary N) is 1. The van der Waals surface area contributed by atoms with Crippen LogP contribution in [0.2, 0.25) is 0 Å². The van der Waals surface area contributed by atoms with Crippen LogP contribution in [0.25, 0.3) is 0 Å². The van der Waals surface area contributed by atoms with Crippen LogP contribution in [0, 0.1) is 6.92 Å². The molecular weight excluding hydrogens is 268 g/mol. The Morgan fingerprint density at radius 2 is 1.95 bits per heavy atom. The molecule has 0 fully saturated rings. The first-order chi connectivity index (χ1) is 10.0. The Morgan fingerprint density at radius 1 is 1.24 bits per heavy atom. The highest BCUT2D eigenvalue weighted by Crippen LogP contribution is 2.30. The quantitative estimate of drug-likeness (QED) is 0.690. The van der Waals surface area contributed by atoms with Gasteiger partial charge < -0.3 is 15.2 Å². The van der Waals surface area contributed by atoms with Crippen LogP contribution in [0.15, 0.2) is 30.3 Å². The number of nitrogen functional groups attached to an aromatic ring is 1. The number of rotatable bonds is 4. The largest absolute Gasteiger partial charge is 0.465 e. The van der Waals surface area contributed by atoms with Gasteiger partial charge in [0, 0.05) is 5.69 Å². The molecule has 0 aliphatic carbocycles. The summed E-state index contributed by atoms with van der Waals surface area (Å²) in [4.78, 5) is 15.9. The molecule has 0 amide bonds. The number of benzene rings is 1. The minimum Gasteiger partial charge on any atom is -0.465 e. The van der Waals surface area contributed by atoms with Crippen molar-refractivity contribution in [2.45, 2.75) is 20.3 Å². The van der Waals surface area contributed by atoms with Gasteiger partial charge in [-0.05, 0) is 43.7 Å². The SMILES string of the molecule is CCc1nc(C)ccc1Oc1ccc(C(=O)OC)cc1N. The molecule has 1 heterocycles. The second-order valence-electron chi connectivity index (χ2n) is 4.60. The van der Waals surface area contributed by atoms with Crippen molar-refractivity contribution in [3.8, 4) is 11.5 Å². The van der Waals surface area contributed by atoms with Crippen molar-refractivity contribution in [3.05, 3.63) is 47.3 Å². The monoisotopic (exact) mass is 286 g/mol. The summed E-state index contributed by atoms with van der Waals surface area (Å²) >= 11 is 0. The van der Waals surface area contributed by atoms with Crippen LogP contribution >= 0.6 is 0 Å². The van der Waals surface area contributed by atoms with Crippen LogP contribution in [-0.4, -0.2) is 18.1 Å². The number of methoxy groups -OCH3 is 1. The molecule has 1 aromatic carbocycles. The van der Waals surface area contributed by atoms with Crippen molar-refractivity contribution in [1.82, 2.24) is 4.98 Å². The molecule has 0 aliphatic rings.